The molecule has 0 radical (unpaired) electrons. The van der Waals surface area contributed by atoms with Crippen LogP contribution >= 0.6 is 0 Å². The lowest BCUT2D eigenvalue weighted by molar-refractivity contribution is -0.137. The van der Waals surface area contributed by atoms with Gasteiger partial charge >= 0.3 is 12.0 Å². The summed E-state index contributed by atoms with van der Waals surface area (Å²) in [5.74, 6) is -0.901. The third-order valence-corrected chi connectivity index (χ3v) is 3.14. The fraction of sp³-hybridized carbons (Fsp3) is 0.467. The molecule has 5 nitrogen and oxygen atoms in total. The van der Waals surface area contributed by atoms with Gasteiger partial charge in [0.1, 0.15) is 0 Å². The van der Waals surface area contributed by atoms with Gasteiger partial charge < -0.3 is 10.0 Å². The van der Waals surface area contributed by atoms with E-state index in [0.717, 1.165) is 11.3 Å². The summed E-state index contributed by atoms with van der Waals surface area (Å²) in [6.45, 7) is 5.95. The molecule has 0 saturated heterocycles. The largest absolute Gasteiger partial charge is 0.481 e. The number of rotatable bonds is 5. The molecule has 0 saturated carbocycles. The molecule has 0 heterocycles. The number of carboxylic acid groups (broad SMARTS) is 1. The maximum Gasteiger partial charge on any atom is 0.324 e. The molecule has 0 aliphatic carbocycles. The molecule has 0 unspecified atom stereocenters. The van der Waals surface area contributed by atoms with Crippen molar-refractivity contribution >= 4 is 17.7 Å². The van der Waals surface area contributed by atoms with Crippen LogP contribution in [-0.2, 0) is 4.79 Å². The van der Waals surface area contributed by atoms with E-state index >= 15 is 0 Å². The predicted molar refractivity (Wildman–Crippen MR) is 79.1 cm³/mol. The Morgan fingerprint density at radius 3 is 2.20 bits per heavy atom. The molecule has 0 fully saturated rings. The first-order valence-electron chi connectivity index (χ1n) is 6.65. The fourth-order valence-electron chi connectivity index (χ4n) is 1.86. The van der Waals surface area contributed by atoms with Crippen molar-refractivity contribution in [1.82, 2.24) is 4.90 Å². The fourth-order valence-corrected chi connectivity index (χ4v) is 1.86. The number of aliphatic carboxylic acids is 1. The molecular formula is C15H22N2O3. The van der Waals surface area contributed by atoms with Crippen LogP contribution in [-0.4, -0.2) is 41.6 Å². The zero-order valence-electron chi connectivity index (χ0n) is 12.5. The van der Waals surface area contributed by atoms with E-state index in [1.54, 1.807) is 16.8 Å². The number of anilines is 1. The lowest BCUT2D eigenvalue weighted by atomic mass is 10.2. The van der Waals surface area contributed by atoms with Gasteiger partial charge in [0, 0.05) is 25.3 Å². The Hall–Kier alpha value is -2.04. The van der Waals surface area contributed by atoms with Gasteiger partial charge in [-0.05, 0) is 32.9 Å². The average Bonchev–Trinajstić information content (AvgIpc) is 2.38. The van der Waals surface area contributed by atoms with Gasteiger partial charge in [-0.25, -0.2) is 4.79 Å². The van der Waals surface area contributed by atoms with E-state index in [4.69, 9.17) is 5.11 Å². The molecule has 20 heavy (non-hydrogen) atoms. The van der Waals surface area contributed by atoms with Crippen molar-refractivity contribution < 1.29 is 14.7 Å². The highest BCUT2D eigenvalue weighted by Gasteiger charge is 2.22. The van der Waals surface area contributed by atoms with Gasteiger partial charge in [-0.1, -0.05) is 17.7 Å². The average molecular weight is 278 g/mol. The van der Waals surface area contributed by atoms with Gasteiger partial charge in [0.2, 0.25) is 0 Å². The maximum atomic E-state index is 12.4. The van der Waals surface area contributed by atoms with Crippen LogP contribution in [0.3, 0.4) is 0 Å². The Bertz CT molecular complexity index is 469. The summed E-state index contributed by atoms with van der Waals surface area (Å²) in [5.41, 5.74) is 1.92. The summed E-state index contributed by atoms with van der Waals surface area (Å²) in [4.78, 5) is 26.2. The molecule has 1 aromatic rings. The number of carbonyl (C=O) groups is 2. The first-order valence-corrected chi connectivity index (χ1v) is 6.65. The van der Waals surface area contributed by atoms with Crippen molar-refractivity contribution in [1.29, 1.82) is 0 Å². The van der Waals surface area contributed by atoms with Crippen molar-refractivity contribution in [2.45, 2.75) is 33.2 Å². The molecule has 110 valence electrons. The van der Waals surface area contributed by atoms with Gasteiger partial charge in [-0.2, -0.15) is 0 Å². The Morgan fingerprint density at radius 1 is 1.20 bits per heavy atom. The van der Waals surface area contributed by atoms with Crippen LogP contribution in [0.1, 0.15) is 25.8 Å². The van der Waals surface area contributed by atoms with Crippen LogP contribution in [0.5, 0.6) is 0 Å². The van der Waals surface area contributed by atoms with E-state index in [-0.39, 0.29) is 25.0 Å². The molecule has 1 aromatic carbocycles. The second kappa shape index (κ2) is 6.93. The number of carbonyl (C=O) groups excluding carboxylic acids is 1. The molecule has 5 heteroatoms. The van der Waals surface area contributed by atoms with Crippen LogP contribution in [0, 0.1) is 6.92 Å². The zero-order chi connectivity index (χ0) is 15.3. The van der Waals surface area contributed by atoms with Crippen LogP contribution in [0.4, 0.5) is 10.5 Å². The standard InChI is InChI=1S/C15H22N2O3/c1-11(2)17(10-9-14(18)19)15(20)16(4)13-7-5-12(3)6-8-13/h5-8,11H,9-10H2,1-4H3,(H,18,19). The second-order valence-corrected chi connectivity index (χ2v) is 5.11. The SMILES string of the molecule is Cc1ccc(N(C)C(=O)N(CCC(=O)O)C(C)C)cc1. The van der Waals surface area contributed by atoms with Gasteiger partial charge in [0.05, 0.1) is 6.42 Å². The van der Waals surface area contributed by atoms with E-state index in [2.05, 4.69) is 0 Å². The quantitative estimate of drug-likeness (QED) is 0.901. The number of urea groups is 1. The van der Waals surface area contributed by atoms with E-state index in [9.17, 15) is 9.59 Å². The summed E-state index contributed by atoms with van der Waals surface area (Å²) < 4.78 is 0. The smallest absolute Gasteiger partial charge is 0.324 e. The van der Waals surface area contributed by atoms with Crippen LogP contribution in [0.25, 0.3) is 0 Å². The van der Waals surface area contributed by atoms with Crippen molar-refractivity contribution in [3.8, 4) is 0 Å². The van der Waals surface area contributed by atoms with E-state index in [1.165, 1.54) is 0 Å². The third-order valence-electron chi connectivity index (χ3n) is 3.14. The van der Waals surface area contributed by atoms with Crippen LogP contribution in [0.15, 0.2) is 24.3 Å². The molecule has 1 rings (SSSR count). The van der Waals surface area contributed by atoms with Crippen molar-refractivity contribution in [2.24, 2.45) is 0 Å². The Kier molecular flexibility index (Phi) is 5.55. The number of benzene rings is 1. The van der Waals surface area contributed by atoms with Crippen molar-refractivity contribution in [2.75, 3.05) is 18.5 Å². The van der Waals surface area contributed by atoms with E-state index in [1.807, 2.05) is 45.0 Å². The first-order chi connectivity index (χ1) is 9.32. The molecule has 0 spiro atoms. The normalized spacial score (nSPS) is 10.4. The van der Waals surface area contributed by atoms with Crippen molar-refractivity contribution in [3.63, 3.8) is 0 Å². The van der Waals surface area contributed by atoms with Gasteiger partial charge in [0.15, 0.2) is 0 Å². The Morgan fingerprint density at radius 2 is 1.75 bits per heavy atom. The van der Waals surface area contributed by atoms with Crippen molar-refractivity contribution in [3.05, 3.63) is 29.8 Å². The number of carboxylic acids is 1. The van der Waals surface area contributed by atoms with Gasteiger partial charge in [0.25, 0.3) is 0 Å². The molecule has 0 atom stereocenters. The number of amides is 2. The van der Waals surface area contributed by atoms with Crippen LogP contribution in [0.2, 0.25) is 0 Å². The Labute approximate surface area is 119 Å². The summed E-state index contributed by atoms with van der Waals surface area (Å²) in [7, 11) is 1.70. The highest BCUT2D eigenvalue weighted by molar-refractivity contribution is 5.91. The third kappa shape index (κ3) is 4.26. The Balaban J connectivity index is 2.82. The lowest BCUT2D eigenvalue weighted by Gasteiger charge is -2.31. The molecule has 2 amide bonds. The number of nitrogens with zero attached hydrogens (tertiary/aromatic N) is 2. The minimum atomic E-state index is -0.901. The van der Waals surface area contributed by atoms with Gasteiger partial charge in [-0.15, -0.1) is 0 Å². The molecule has 0 aliphatic heterocycles. The highest BCUT2D eigenvalue weighted by atomic mass is 16.4. The minimum absolute atomic E-state index is 0.0465. The molecule has 0 aromatic heterocycles. The highest BCUT2D eigenvalue weighted by Crippen LogP contribution is 2.16. The first kappa shape index (κ1) is 16.0. The summed E-state index contributed by atoms with van der Waals surface area (Å²) in [5, 5.41) is 8.76. The molecule has 1 N–H and O–H groups in total. The van der Waals surface area contributed by atoms with Crippen LogP contribution < -0.4 is 4.90 Å². The van der Waals surface area contributed by atoms with E-state index in [0.29, 0.717) is 0 Å². The molecule has 0 aliphatic rings. The number of hydrogen-bond donors (Lipinski definition) is 1. The molecular weight excluding hydrogens is 256 g/mol. The predicted octanol–water partition coefficient (Wildman–Crippen LogP) is 2.74. The summed E-state index contributed by atoms with van der Waals surface area (Å²) in [6.07, 6.45) is -0.0499. The monoisotopic (exact) mass is 278 g/mol. The zero-order valence-corrected chi connectivity index (χ0v) is 12.5. The van der Waals surface area contributed by atoms with Gasteiger partial charge in [-0.3, -0.25) is 9.69 Å². The number of hydrogen-bond acceptors (Lipinski definition) is 2. The summed E-state index contributed by atoms with van der Waals surface area (Å²) in [6, 6.07) is 7.40. The topological polar surface area (TPSA) is 60.9 Å². The molecule has 0 bridgehead atoms. The number of aryl methyl sites for hydroxylation is 1. The maximum absolute atomic E-state index is 12.4. The lowest BCUT2D eigenvalue weighted by Crippen LogP contribution is -2.45. The summed E-state index contributed by atoms with van der Waals surface area (Å²) >= 11 is 0. The second-order valence-electron chi connectivity index (χ2n) is 5.11. The van der Waals surface area contributed by atoms with E-state index < -0.39 is 5.97 Å². The minimum Gasteiger partial charge on any atom is -0.481 e.